The molecule has 1 aromatic rings. The second-order valence-electron chi connectivity index (χ2n) is 5.56. The van der Waals surface area contributed by atoms with Gasteiger partial charge in [0.1, 0.15) is 0 Å². The van der Waals surface area contributed by atoms with Crippen molar-refractivity contribution in [3.8, 4) is 0 Å². The van der Waals surface area contributed by atoms with Gasteiger partial charge in [-0.3, -0.25) is 4.90 Å². The molecule has 0 amide bonds. The van der Waals surface area contributed by atoms with E-state index >= 15 is 0 Å². The van der Waals surface area contributed by atoms with Gasteiger partial charge in [0.05, 0.1) is 6.61 Å². The molecule has 0 saturated carbocycles. The van der Waals surface area contributed by atoms with E-state index < -0.39 is 0 Å². The Morgan fingerprint density at radius 2 is 2.26 bits per heavy atom. The van der Waals surface area contributed by atoms with Crippen LogP contribution in [0.1, 0.15) is 30.0 Å². The topological polar surface area (TPSA) is 24.5 Å². The number of nitrogens with zero attached hydrogens (tertiary/aromatic N) is 1. The molecule has 1 aliphatic rings. The first-order valence-electron chi connectivity index (χ1n) is 7.19. The number of rotatable bonds is 5. The molecule has 3 heteroatoms. The van der Waals surface area contributed by atoms with Crippen molar-refractivity contribution in [3.05, 3.63) is 35.4 Å². The summed E-state index contributed by atoms with van der Waals surface area (Å²) < 4.78 is 5.25. The maximum absolute atomic E-state index is 5.25. The summed E-state index contributed by atoms with van der Waals surface area (Å²) in [5, 5.41) is 3.35. The average Bonchev–Trinajstić information content (AvgIpc) is 2.40. The van der Waals surface area contributed by atoms with Gasteiger partial charge in [0, 0.05) is 13.2 Å². The molecule has 2 rings (SSSR count). The lowest BCUT2D eigenvalue weighted by Crippen LogP contribution is -2.39. The quantitative estimate of drug-likeness (QED) is 0.882. The van der Waals surface area contributed by atoms with Gasteiger partial charge in [0.2, 0.25) is 0 Å². The second-order valence-corrected chi connectivity index (χ2v) is 5.56. The molecule has 19 heavy (non-hydrogen) atoms. The molecule has 0 aliphatic carbocycles. The number of hydrogen-bond donors (Lipinski definition) is 1. The van der Waals surface area contributed by atoms with Crippen molar-refractivity contribution in [1.82, 2.24) is 10.2 Å². The molecule has 1 aromatic carbocycles. The van der Waals surface area contributed by atoms with E-state index in [4.69, 9.17) is 4.74 Å². The van der Waals surface area contributed by atoms with Crippen LogP contribution >= 0.6 is 0 Å². The summed E-state index contributed by atoms with van der Waals surface area (Å²) in [6.07, 6.45) is 2.61. The van der Waals surface area contributed by atoms with E-state index in [1.165, 1.54) is 30.5 Å². The van der Waals surface area contributed by atoms with E-state index in [1.807, 2.05) is 7.05 Å². The monoisotopic (exact) mass is 262 g/mol. The standard InChI is InChI=1S/C16H26N2O/c1-17-11-15-8-5-9-18(2)16(15)14-7-4-6-13(10-14)12-19-3/h4,6-7,10,15-17H,5,8-9,11-12H2,1-3H3. The molecule has 106 valence electrons. The molecule has 2 unspecified atom stereocenters. The first kappa shape index (κ1) is 14.5. The van der Waals surface area contributed by atoms with Crippen molar-refractivity contribution < 1.29 is 4.74 Å². The van der Waals surface area contributed by atoms with Crippen LogP contribution in [0.4, 0.5) is 0 Å². The summed E-state index contributed by atoms with van der Waals surface area (Å²) in [6, 6.07) is 9.39. The zero-order valence-corrected chi connectivity index (χ0v) is 12.4. The number of benzene rings is 1. The highest BCUT2D eigenvalue weighted by Gasteiger charge is 2.29. The summed E-state index contributed by atoms with van der Waals surface area (Å²) in [5.74, 6) is 0.696. The van der Waals surface area contributed by atoms with Gasteiger partial charge in [-0.25, -0.2) is 0 Å². The van der Waals surface area contributed by atoms with Gasteiger partial charge in [-0.05, 0) is 57.1 Å². The summed E-state index contributed by atoms with van der Waals surface area (Å²) in [6.45, 7) is 2.98. The smallest absolute Gasteiger partial charge is 0.0713 e. The maximum Gasteiger partial charge on any atom is 0.0713 e. The lowest BCUT2D eigenvalue weighted by molar-refractivity contribution is 0.120. The van der Waals surface area contributed by atoms with Crippen LogP contribution in [0.15, 0.2) is 24.3 Å². The van der Waals surface area contributed by atoms with E-state index in [1.54, 1.807) is 7.11 Å². The van der Waals surface area contributed by atoms with Crippen LogP contribution < -0.4 is 5.32 Å². The van der Waals surface area contributed by atoms with Gasteiger partial charge >= 0.3 is 0 Å². The fraction of sp³-hybridized carbons (Fsp3) is 0.625. The molecular weight excluding hydrogens is 236 g/mol. The van der Waals surface area contributed by atoms with Crippen LogP contribution in [0.5, 0.6) is 0 Å². The maximum atomic E-state index is 5.25. The third-order valence-electron chi connectivity index (χ3n) is 4.08. The Hall–Kier alpha value is -0.900. The van der Waals surface area contributed by atoms with E-state index in [2.05, 4.69) is 41.5 Å². The van der Waals surface area contributed by atoms with Gasteiger partial charge in [0.25, 0.3) is 0 Å². The predicted molar refractivity (Wildman–Crippen MR) is 79.2 cm³/mol. The van der Waals surface area contributed by atoms with Crippen LogP contribution in [0.2, 0.25) is 0 Å². The Labute approximate surface area is 116 Å². The van der Waals surface area contributed by atoms with Crippen molar-refractivity contribution >= 4 is 0 Å². The van der Waals surface area contributed by atoms with Gasteiger partial charge in [-0.15, -0.1) is 0 Å². The predicted octanol–water partition coefficient (Wildman–Crippen LogP) is 2.44. The number of likely N-dealkylation sites (tertiary alicyclic amines) is 1. The lowest BCUT2D eigenvalue weighted by Gasteiger charge is -2.39. The molecule has 0 aromatic heterocycles. The van der Waals surface area contributed by atoms with Crippen LogP contribution in [0, 0.1) is 5.92 Å². The van der Waals surface area contributed by atoms with Gasteiger partial charge in [-0.2, -0.15) is 0 Å². The molecule has 1 saturated heterocycles. The highest BCUT2D eigenvalue weighted by molar-refractivity contribution is 5.26. The molecule has 0 bridgehead atoms. The summed E-state index contributed by atoms with van der Waals surface area (Å²) in [5.41, 5.74) is 2.69. The van der Waals surface area contributed by atoms with Crippen molar-refractivity contribution in [2.45, 2.75) is 25.5 Å². The summed E-state index contributed by atoms with van der Waals surface area (Å²) in [7, 11) is 6.05. The first-order valence-corrected chi connectivity index (χ1v) is 7.19. The number of methoxy groups -OCH3 is 1. The second kappa shape index (κ2) is 7.04. The minimum absolute atomic E-state index is 0.526. The first-order chi connectivity index (χ1) is 9.26. The number of nitrogens with one attached hydrogen (secondary N) is 1. The zero-order valence-electron chi connectivity index (χ0n) is 12.4. The Morgan fingerprint density at radius 1 is 1.42 bits per heavy atom. The summed E-state index contributed by atoms with van der Waals surface area (Å²) in [4.78, 5) is 2.50. The number of piperidine rings is 1. The van der Waals surface area contributed by atoms with E-state index in [-0.39, 0.29) is 0 Å². The zero-order chi connectivity index (χ0) is 13.7. The fourth-order valence-electron chi connectivity index (χ4n) is 3.30. The van der Waals surface area contributed by atoms with E-state index in [0.29, 0.717) is 18.6 Å². The third-order valence-corrected chi connectivity index (χ3v) is 4.08. The lowest BCUT2D eigenvalue weighted by atomic mass is 9.84. The number of ether oxygens (including phenoxy) is 1. The van der Waals surface area contributed by atoms with Crippen molar-refractivity contribution in [1.29, 1.82) is 0 Å². The molecule has 0 radical (unpaired) electrons. The fourth-order valence-corrected chi connectivity index (χ4v) is 3.30. The molecule has 3 nitrogen and oxygen atoms in total. The Balaban J connectivity index is 2.22. The van der Waals surface area contributed by atoms with Crippen LogP contribution in [-0.2, 0) is 11.3 Å². The van der Waals surface area contributed by atoms with Crippen molar-refractivity contribution in [2.24, 2.45) is 5.92 Å². The summed E-state index contributed by atoms with van der Waals surface area (Å²) >= 11 is 0. The van der Waals surface area contributed by atoms with Gasteiger partial charge < -0.3 is 10.1 Å². The molecule has 1 aliphatic heterocycles. The van der Waals surface area contributed by atoms with E-state index in [9.17, 15) is 0 Å². The van der Waals surface area contributed by atoms with Crippen molar-refractivity contribution in [2.75, 3.05) is 34.3 Å². The van der Waals surface area contributed by atoms with Crippen LogP contribution in [-0.4, -0.2) is 39.2 Å². The minimum Gasteiger partial charge on any atom is -0.380 e. The Bertz CT molecular complexity index is 392. The minimum atomic E-state index is 0.526. The molecule has 0 spiro atoms. The number of hydrogen-bond acceptors (Lipinski definition) is 3. The normalized spacial score (nSPS) is 24.6. The van der Waals surface area contributed by atoms with Crippen LogP contribution in [0.25, 0.3) is 0 Å². The van der Waals surface area contributed by atoms with Crippen molar-refractivity contribution in [3.63, 3.8) is 0 Å². The van der Waals surface area contributed by atoms with Crippen LogP contribution in [0.3, 0.4) is 0 Å². The Kier molecular flexibility index (Phi) is 5.37. The van der Waals surface area contributed by atoms with Gasteiger partial charge in [0.15, 0.2) is 0 Å². The Morgan fingerprint density at radius 3 is 3.00 bits per heavy atom. The highest BCUT2D eigenvalue weighted by Crippen LogP contribution is 2.34. The van der Waals surface area contributed by atoms with E-state index in [0.717, 1.165) is 6.54 Å². The molecule has 1 fully saturated rings. The molecule has 1 heterocycles. The van der Waals surface area contributed by atoms with Gasteiger partial charge in [-0.1, -0.05) is 24.3 Å². The molecule has 2 atom stereocenters. The highest BCUT2D eigenvalue weighted by atomic mass is 16.5. The SMILES string of the molecule is CNCC1CCCN(C)C1c1cccc(COC)c1. The molecule has 1 N–H and O–H groups in total. The largest absolute Gasteiger partial charge is 0.380 e. The third kappa shape index (κ3) is 3.56. The molecular formula is C16H26N2O. The average molecular weight is 262 g/mol.